The van der Waals surface area contributed by atoms with E-state index in [2.05, 4.69) is 6.07 Å². The van der Waals surface area contributed by atoms with Gasteiger partial charge in [0, 0.05) is 201 Å². The van der Waals surface area contributed by atoms with Crippen molar-refractivity contribution in [3.05, 3.63) is 356 Å². The van der Waals surface area contributed by atoms with Gasteiger partial charge < -0.3 is 17.7 Å². The number of aryl methyl sites for hydroxylation is 8. The molecular weight excluding hydrogens is 1780 g/mol. The van der Waals surface area contributed by atoms with Crippen LogP contribution in [0.1, 0.15) is 356 Å². The number of aromatic nitrogens is 4. The molecule has 8 aromatic heterocycles. The second-order valence-corrected chi connectivity index (χ2v) is 39.7. The molecule has 8 heteroatoms. The van der Waals surface area contributed by atoms with Crippen molar-refractivity contribution < 1.29 is 102 Å². The van der Waals surface area contributed by atoms with Gasteiger partial charge in [-0.25, -0.2) is 18.3 Å². The summed E-state index contributed by atoms with van der Waals surface area (Å²) in [5, 5.41) is 5.19. The maximum Gasteiger partial charge on any atom is 0.216 e. The number of fused-ring (bicyclic) bond motifs is 28. The Bertz CT molecular complexity index is 10700. The Morgan fingerprint density at radius 2 is 0.575 bits per heavy atom. The molecule has 4 aliphatic carbocycles. The van der Waals surface area contributed by atoms with Gasteiger partial charge in [-0.3, -0.25) is 0 Å². The number of rotatable bonds is 16. The second-order valence-electron chi connectivity index (χ2n) is 39.7. The van der Waals surface area contributed by atoms with Gasteiger partial charge in [0.25, 0.3) is 0 Å². The number of hydrogen-bond donors (Lipinski definition) is 0. The van der Waals surface area contributed by atoms with Crippen LogP contribution in [-0.2, 0) is 49.9 Å². The molecule has 744 valence electrons. The Kier molecular flexibility index (Phi) is 15.1. The van der Waals surface area contributed by atoms with Gasteiger partial charge in [-0.15, -0.1) is 0 Å². The van der Waals surface area contributed by atoms with Crippen LogP contribution >= 0.6 is 0 Å². The lowest BCUT2D eigenvalue weighted by Gasteiger charge is -2.40. The highest BCUT2D eigenvalue weighted by Gasteiger charge is 2.51. The Morgan fingerprint density at radius 3 is 0.925 bits per heavy atom. The molecule has 0 amide bonds. The minimum Gasteiger partial charge on any atom is -0.455 e. The normalized spacial score (nSPS) is 20.7. The lowest BCUT2D eigenvalue weighted by molar-refractivity contribution is -0.660. The van der Waals surface area contributed by atoms with E-state index >= 15 is 0 Å². The molecule has 24 rings (SSSR count). The van der Waals surface area contributed by atoms with Crippen LogP contribution in [0.3, 0.4) is 0 Å². The summed E-state index contributed by atoms with van der Waals surface area (Å²) in [6.45, 7) is -20.0. The van der Waals surface area contributed by atoms with Gasteiger partial charge in [-0.1, -0.05) is 341 Å². The zero-order chi connectivity index (χ0) is 142. The predicted octanol–water partition coefficient (Wildman–Crippen LogP) is 36.6. The smallest absolute Gasteiger partial charge is 0.216 e. The first kappa shape index (κ1) is 58.1. The lowest BCUT2D eigenvalue weighted by atomic mass is 9.63. The minimum atomic E-state index is -4.28. The van der Waals surface area contributed by atoms with Crippen molar-refractivity contribution in [1.82, 2.24) is 0 Å². The highest BCUT2D eigenvalue weighted by molar-refractivity contribution is 6.19. The molecule has 0 saturated heterocycles. The summed E-state index contributed by atoms with van der Waals surface area (Å²) in [6, 6.07) is 68.7. The van der Waals surface area contributed by atoms with Gasteiger partial charge in [0.15, 0.2) is 24.8 Å². The largest absolute Gasteiger partial charge is 0.455 e. The van der Waals surface area contributed by atoms with E-state index in [0.29, 0.717) is 105 Å². The van der Waals surface area contributed by atoms with Crippen molar-refractivity contribution in [2.45, 2.75) is 251 Å². The van der Waals surface area contributed by atoms with E-state index in [1.54, 1.807) is 71.3 Å². The lowest BCUT2D eigenvalue weighted by Crippen LogP contribution is -2.37. The van der Waals surface area contributed by atoms with E-state index in [1.807, 2.05) is 247 Å². The summed E-state index contributed by atoms with van der Waals surface area (Å²) in [6.07, 6.45) is -1.59. The summed E-state index contributed by atoms with van der Waals surface area (Å²) in [5.41, 5.74) is 7.65. The van der Waals surface area contributed by atoms with E-state index in [1.165, 1.54) is 60.7 Å². The van der Waals surface area contributed by atoms with Gasteiger partial charge in [0.05, 0.1) is 22.3 Å². The molecule has 146 heavy (non-hydrogen) atoms. The second kappa shape index (κ2) is 38.0. The van der Waals surface area contributed by atoms with E-state index in [9.17, 15) is 11.0 Å². The van der Waals surface area contributed by atoms with Crippen LogP contribution in [0.2, 0.25) is 0 Å². The summed E-state index contributed by atoms with van der Waals surface area (Å²) >= 11 is 0. The molecule has 20 aromatic rings. The Balaban J connectivity index is 0.000000155. The summed E-state index contributed by atoms with van der Waals surface area (Å²) < 4.78 is 450. The summed E-state index contributed by atoms with van der Waals surface area (Å²) in [4.78, 5) is 0. The predicted molar refractivity (Wildman–Crippen MR) is 615 cm³/mol. The third-order valence-electron chi connectivity index (χ3n) is 30.2. The van der Waals surface area contributed by atoms with Gasteiger partial charge in [-0.2, -0.15) is 0 Å². The van der Waals surface area contributed by atoms with Crippen molar-refractivity contribution in [3.63, 3.8) is 0 Å². The van der Waals surface area contributed by atoms with Crippen LogP contribution < -0.4 is 18.3 Å². The van der Waals surface area contributed by atoms with Crippen LogP contribution in [0.25, 0.3) is 177 Å². The zero-order valence-corrected chi connectivity index (χ0v) is 83.2. The fourth-order valence-corrected chi connectivity index (χ4v) is 22.8. The molecule has 0 aliphatic heterocycles. The molecule has 0 radical (unpaired) electrons. The Hall–Kier alpha value is -13.6. The molecule has 8 nitrogen and oxygen atoms in total. The topological polar surface area (TPSA) is 68.1 Å². The number of hydrogen-bond acceptors (Lipinski definition) is 4. The quantitative estimate of drug-likeness (QED) is 0.0904. The van der Waals surface area contributed by atoms with E-state index in [-0.39, 0.29) is 77.8 Å². The minimum absolute atomic E-state index is 0. The molecule has 0 atom stereocenters. The number of benzene rings is 12. The van der Waals surface area contributed by atoms with Crippen molar-refractivity contribution >= 4 is 87.8 Å². The average molecular weight is 1980 g/mol. The van der Waals surface area contributed by atoms with Crippen molar-refractivity contribution in [1.29, 1.82) is 0 Å². The molecule has 4 aliphatic rings. The first-order chi connectivity index (χ1) is 87.8. The number of pyridine rings is 4. The molecule has 12 aromatic carbocycles. The molecule has 0 saturated carbocycles. The van der Waals surface area contributed by atoms with E-state index in [4.69, 9.17) is 72.5 Å². The highest BCUT2D eigenvalue weighted by Crippen LogP contribution is 2.63. The van der Waals surface area contributed by atoms with Crippen molar-refractivity contribution in [2.75, 3.05) is 0 Å². The van der Waals surface area contributed by atoms with Crippen LogP contribution in [0.15, 0.2) is 285 Å². The van der Waals surface area contributed by atoms with E-state index < -0.39 is 186 Å². The molecule has 0 bridgehead atoms. The standard InChI is InChI=1S/C37H42NO.C35H38NO.C33H34NO.C31H30NO.2CH4/c1-22(2)20-37(21-23(3)4)30-12-10-9-11-29(30)34-31(37)16-15-28-27-14-13-25(7)33(35(27)39-36(28)34)32-19-26(24(5)6)17-18-38(32)8;1-20(2)24-17-18-36(8)30(19-24)31-23(7)13-14-25-26-15-16-29-32(34(26)37-33(25)31)27-11-9-10-12-28(27)35(29,21(3)4)22(5)6;1-7-33(8-2)26-12-10-9-11-25(26)30-27(33)16-15-24-23-14-13-21(5)29(31(23)35-32(24)30)28-19-22(20(3)4)17-18-34(28)6;1-18(2)20-15-16-32(6)26(17-20)27-19(3)11-12-23-24-14-13-22-21-9-7-8-10-25(21)31(4,5)28(22)30(24)33-29(23)27;;/h9-19,22-24H,20-21H2,1-8H3;9-22H,1-8H3;9-20H,7-8H2,1-6H3;7-18H,1-6H3;2*1H4/q4*+1;;/i1D3,2D3,3D3,4D3,20D2,21D2,22D,23D,24D;3D3,4D3,5D3,6D3,20D,21D,22D;1D3,2D3,20D;4D3,5D3,18D;;. The molecule has 0 fully saturated rings. The van der Waals surface area contributed by atoms with Crippen LogP contribution in [0.5, 0.6) is 0 Å². The van der Waals surface area contributed by atoms with Crippen molar-refractivity contribution in [3.8, 4) is 89.5 Å². The Morgan fingerprint density at radius 1 is 0.288 bits per heavy atom. The van der Waals surface area contributed by atoms with Crippen LogP contribution in [0, 0.1) is 51.3 Å². The molecule has 0 unspecified atom stereocenters. The van der Waals surface area contributed by atoms with Gasteiger partial charge in [-0.05, 0) is 218 Å². The SMILES string of the molecule is C.C.[2H]C(C)(C)c1cc[n+](C)c(-c2c(C)ccc3c2oc2c4c(ccc23)-c2ccccc2C4(C([2H])([2H])[2H])C([2H])([2H])[2H])c1.[2H]C(C)(C)c1cc[n+](C)c(-c2c(C)ccc3c2oc2c4c(ccc23)C(C([2H])(C([2H])([2H])[2H])C([2H])([2H])[2H])(C([2H])(C([2H])([2H])[2H])C([2H])([2H])[2H])c2ccccc2-4)c1.[2H]C(C)(C)c1cc[n+](C)c(-c2c(C)ccc3c2oc2c4c(ccc23)C(C([2H])([2H])C([2H])(C([2H])([2H])[2H])C([2H])([2H])[2H])(C([2H])([2H])C([2H])(C([2H])([2H])[2H])C([2H])([2H])[2H])c2ccccc2-4)c1.[2H]C([2H])([2H])CC1(CC([2H])([2H])[2H])c2ccccc2-c2c1ccc1c2oc2c(-c3cc(C([2H])(C)C)cc[n+]3C)c(C)ccc21. The first-order valence-corrected chi connectivity index (χ1v) is 48.2. The summed E-state index contributed by atoms with van der Waals surface area (Å²) in [7, 11) is 7.55. The fraction of sp³-hybridized carbons (Fsp3) is 0.333. The highest BCUT2D eigenvalue weighted by atomic mass is 16.3. The molecule has 0 N–H and O–H groups in total. The molecular formula is C138H152N4O4+4. The third-order valence-corrected chi connectivity index (χ3v) is 30.2. The van der Waals surface area contributed by atoms with Crippen LogP contribution in [-0.4, -0.2) is 0 Å². The van der Waals surface area contributed by atoms with E-state index in [0.717, 1.165) is 101 Å². The average Bonchev–Trinajstić information content (AvgIpc) is 1.45. The number of furan rings is 4. The fourth-order valence-electron chi connectivity index (χ4n) is 22.8. The Labute approximate surface area is 935 Å². The van der Waals surface area contributed by atoms with Crippen LogP contribution in [0.4, 0.5) is 0 Å². The van der Waals surface area contributed by atoms with Gasteiger partial charge >= 0.3 is 0 Å². The van der Waals surface area contributed by atoms with Gasteiger partial charge in [0.2, 0.25) is 22.8 Å². The summed E-state index contributed by atoms with van der Waals surface area (Å²) in [5.74, 6) is -19.9. The first-order valence-electron chi connectivity index (χ1n) is 72.2. The zero-order valence-electron chi connectivity index (χ0n) is 131. The number of nitrogens with zero attached hydrogens (tertiary/aromatic N) is 4. The maximum atomic E-state index is 9.75. The van der Waals surface area contributed by atoms with Gasteiger partial charge in [0.1, 0.15) is 72.9 Å². The molecule has 8 heterocycles. The monoisotopic (exact) mass is 1980 g/mol. The van der Waals surface area contributed by atoms with Crippen molar-refractivity contribution in [2.24, 2.45) is 51.8 Å². The third kappa shape index (κ3) is 15.6. The molecule has 0 spiro atoms. The maximum absolute atomic E-state index is 9.75.